The van der Waals surface area contributed by atoms with E-state index in [-0.39, 0.29) is 5.91 Å². The van der Waals surface area contributed by atoms with E-state index in [1.807, 2.05) is 6.07 Å². The first kappa shape index (κ1) is 8.23. The van der Waals surface area contributed by atoms with Gasteiger partial charge in [0.05, 0.1) is 23.9 Å². The summed E-state index contributed by atoms with van der Waals surface area (Å²) in [5.41, 5.74) is 2.19. The SMILES string of the molecule is COc1ccc2nccc3c2c1NC3=O. The molecule has 4 nitrogen and oxygen atoms in total. The quantitative estimate of drug-likeness (QED) is 0.763. The molecular weight excluding hydrogens is 192 g/mol. The summed E-state index contributed by atoms with van der Waals surface area (Å²) in [5.74, 6) is 0.574. The Kier molecular flexibility index (Phi) is 1.48. The summed E-state index contributed by atoms with van der Waals surface area (Å²) in [4.78, 5) is 15.8. The molecular formula is C11H8N2O2. The monoisotopic (exact) mass is 200 g/mol. The summed E-state index contributed by atoms with van der Waals surface area (Å²) in [7, 11) is 1.58. The third-order valence-corrected chi connectivity index (χ3v) is 2.57. The molecule has 2 aromatic rings. The summed E-state index contributed by atoms with van der Waals surface area (Å²) in [6.07, 6.45) is 1.64. The van der Waals surface area contributed by atoms with E-state index in [9.17, 15) is 4.79 Å². The fraction of sp³-hybridized carbons (Fsp3) is 0.0909. The zero-order valence-corrected chi connectivity index (χ0v) is 8.07. The van der Waals surface area contributed by atoms with Gasteiger partial charge in [-0.2, -0.15) is 0 Å². The fourth-order valence-corrected chi connectivity index (χ4v) is 1.89. The Balaban J connectivity index is 2.48. The molecule has 0 radical (unpaired) electrons. The van der Waals surface area contributed by atoms with Crippen molar-refractivity contribution < 1.29 is 9.53 Å². The summed E-state index contributed by atoms with van der Waals surface area (Å²) in [6, 6.07) is 5.37. The van der Waals surface area contributed by atoms with Crippen LogP contribution in [0.15, 0.2) is 24.4 Å². The number of methoxy groups -OCH3 is 1. The zero-order chi connectivity index (χ0) is 10.4. The Morgan fingerprint density at radius 3 is 3.00 bits per heavy atom. The number of aromatic nitrogens is 1. The number of nitrogens with zero attached hydrogens (tertiary/aromatic N) is 1. The average molecular weight is 200 g/mol. The van der Waals surface area contributed by atoms with Crippen LogP contribution in [0, 0.1) is 0 Å². The molecule has 1 aliphatic rings. The van der Waals surface area contributed by atoms with Crippen molar-refractivity contribution in [2.75, 3.05) is 12.4 Å². The van der Waals surface area contributed by atoms with Crippen LogP contribution in [0.1, 0.15) is 10.4 Å². The molecule has 1 amide bonds. The number of hydrogen-bond acceptors (Lipinski definition) is 3. The van der Waals surface area contributed by atoms with Crippen molar-refractivity contribution >= 4 is 22.5 Å². The van der Waals surface area contributed by atoms with Crippen LogP contribution >= 0.6 is 0 Å². The van der Waals surface area contributed by atoms with Gasteiger partial charge in [0.2, 0.25) is 0 Å². The first-order valence-corrected chi connectivity index (χ1v) is 4.58. The average Bonchev–Trinajstić information content (AvgIpc) is 2.60. The number of hydrogen-bond donors (Lipinski definition) is 1. The summed E-state index contributed by atoms with van der Waals surface area (Å²) in [6.45, 7) is 0. The van der Waals surface area contributed by atoms with Gasteiger partial charge >= 0.3 is 0 Å². The van der Waals surface area contributed by atoms with Crippen molar-refractivity contribution in [3.05, 3.63) is 30.0 Å². The first-order valence-electron chi connectivity index (χ1n) is 4.58. The number of carbonyl (C=O) groups is 1. The lowest BCUT2D eigenvalue weighted by Gasteiger charge is -2.05. The van der Waals surface area contributed by atoms with Crippen LogP contribution in [0.3, 0.4) is 0 Å². The van der Waals surface area contributed by atoms with Crippen molar-refractivity contribution in [3.8, 4) is 5.75 Å². The maximum Gasteiger partial charge on any atom is 0.256 e. The minimum absolute atomic E-state index is 0.0955. The molecule has 1 aromatic heterocycles. The third-order valence-electron chi connectivity index (χ3n) is 2.57. The number of anilines is 1. The molecule has 0 bridgehead atoms. The second-order valence-corrected chi connectivity index (χ2v) is 3.35. The van der Waals surface area contributed by atoms with E-state index in [2.05, 4.69) is 10.3 Å². The highest BCUT2D eigenvalue weighted by atomic mass is 16.5. The van der Waals surface area contributed by atoms with Gasteiger partial charge in [0, 0.05) is 11.6 Å². The van der Waals surface area contributed by atoms with Gasteiger partial charge in [-0.3, -0.25) is 9.78 Å². The number of nitrogens with one attached hydrogen (secondary N) is 1. The molecule has 3 rings (SSSR count). The van der Waals surface area contributed by atoms with Crippen LogP contribution in [-0.2, 0) is 0 Å². The van der Waals surface area contributed by atoms with Gasteiger partial charge in [-0.05, 0) is 18.2 Å². The van der Waals surface area contributed by atoms with Crippen LogP contribution < -0.4 is 10.1 Å². The number of carbonyl (C=O) groups excluding carboxylic acids is 1. The highest BCUT2D eigenvalue weighted by molar-refractivity contribution is 6.24. The van der Waals surface area contributed by atoms with E-state index in [4.69, 9.17) is 4.74 Å². The minimum Gasteiger partial charge on any atom is -0.495 e. The molecule has 74 valence electrons. The molecule has 2 heterocycles. The van der Waals surface area contributed by atoms with Gasteiger partial charge in [0.15, 0.2) is 0 Å². The highest BCUT2D eigenvalue weighted by Gasteiger charge is 2.24. The molecule has 0 aliphatic carbocycles. The Morgan fingerprint density at radius 1 is 1.33 bits per heavy atom. The predicted octanol–water partition coefficient (Wildman–Crippen LogP) is 1.81. The summed E-state index contributed by atoms with van der Waals surface area (Å²) in [5, 5.41) is 3.64. The van der Waals surface area contributed by atoms with E-state index in [1.165, 1.54) is 0 Å². The van der Waals surface area contributed by atoms with E-state index in [1.54, 1.807) is 25.4 Å². The molecule has 4 heteroatoms. The molecule has 0 unspecified atom stereocenters. The summed E-state index contributed by atoms with van der Waals surface area (Å²) >= 11 is 0. The van der Waals surface area contributed by atoms with Crippen LogP contribution in [0.5, 0.6) is 5.75 Å². The van der Waals surface area contributed by atoms with E-state index in [0.717, 1.165) is 16.6 Å². The normalized spacial score (nSPS) is 13.0. The van der Waals surface area contributed by atoms with Gasteiger partial charge in [0.1, 0.15) is 5.75 Å². The number of rotatable bonds is 1. The topological polar surface area (TPSA) is 51.2 Å². The van der Waals surface area contributed by atoms with Crippen molar-refractivity contribution in [1.29, 1.82) is 0 Å². The van der Waals surface area contributed by atoms with Crippen molar-refractivity contribution in [1.82, 2.24) is 4.98 Å². The standard InChI is InChI=1S/C11H8N2O2/c1-15-8-3-2-7-9-6(4-5-12-7)11(14)13-10(8)9/h2-5H,1H3,(H,13,14). The fourth-order valence-electron chi connectivity index (χ4n) is 1.89. The number of pyridine rings is 1. The molecule has 0 spiro atoms. The summed E-state index contributed by atoms with van der Waals surface area (Å²) < 4.78 is 5.18. The maximum atomic E-state index is 11.6. The third kappa shape index (κ3) is 0.958. The Morgan fingerprint density at radius 2 is 2.20 bits per heavy atom. The Labute approximate surface area is 85.9 Å². The second-order valence-electron chi connectivity index (χ2n) is 3.35. The lowest BCUT2D eigenvalue weighted by atomic mass is 10.1. The molecule has 15 heavy (non-hydrogen) atoms. The van der Waals surface area contributed by atoms with E-state index < -0.39 is 0 Å². The lowest BCUT2D eigenvalue weighted by Crippen LogP contribution is -2.04. The van der Waals surface area contributed by atoms with Gasteiger partial charge in [0.25, 0.3) is 5.91 Å². The second kappa shape index (κ2) is 2.70. The largest absolute Gasteiger partial charge is 0.495 e. The maximum absolute atomic E-state index is 11.6. The van der Waals surface area contributed by atoms with Gasteiger partial charge in [-0.15, -0.1) is 0 Å². The van der Waals surface area contributed by atoms with Crippen LogP contribution in [-0.4, -0.2) is 18.0 Å². The molecule has 0 atom stereocenters. The van der Waals surface area contributed by atoms with E-state index in [0.29, 0.717) is 11.3 Å². The number of benzene rings is 1. The number of ether oxygens (including phenoxy) is 1. The molecule has 0 saturated carbocycles. The predicted molar refractivity (Wildman–Crippen MR) is 56.2 cm³/mol. The number of amides is 1. The molecule has 0 saturated heterocycles. The Bertz CT molecular complexity index is 578. The molecule has 1 aromatic carbocycles. The van der Waals surface area contributed by atoms with Crippen molar-refractivity contribution in [3.63, 3.8) is 0 Å². The Hall–Kier alpha value is -2.10. The van der Waals surface area contributed by atoms with Crippen molar-refractivity contribution in [2.24, 2.45) is 0 Å². The highest BCUT2D eigenvalue weighted by Crippen LogP contribution is 2.38. The first-order chi connectivity index (χ1) is 7.31. The lowest BCUT2D eigenvalue weighted by molar-refractivity contribution is 0.103. The van der Waals surface area contributed by atoms with Crippen LogP contribution in [0.2, 0.25) is 0 Å². The van der Waals surface area contributed by atoms with Gasteiger partial charge in [-0.1, -0.05) is 0 Å². The minimum atomic E-state index is -0.0955. The molecule has 1 N–H and O–H groups in total. The van der Waals surface area contributed by atoms with Crippen LogP contribution in [0.4, 0.5) is 5.69 Å². The van der Waals surface area contributed by atoms with Gasteiger partial charge < -0.3 is 10.1 Å². The molecule has 1 aliphatic heterocycles. The van der Waals surface area contributed by atoms with Gasteiger partial charge in [-0.25, -0.2) is 0 Å². The smallest absolute Gasteiger partial charge is 0.256 e. The van der Waals surface area contributed by atoms with Crippen molar-refractivity contribution in [2.45, 2.75) is 0 Å². The van der Waals surface area contributed by atoms with Crippen LogP contribution in [0.25, 0.3) is 10.9 Å². The molecule has 0 fully saturated rings. The van der Waals surface area contributed by atoms with E-state index >= 15 is 0 Å². The zero-order valence-electron chi connectivity index (χ0n) is 8.07.